The van der Waals surface area contributed by atoms with Crippen LogP contribution in [0, 0.1) is 0 Å². The summed E-state index contributed by atoms with van der Waals surface area (Å²) in [6, 6.07) is 6.29. The van der Waals surface area contributed by atoms with Gasteiger partial charge in [0, 0.05) is 38.2 Å². The van der Waals surface area contributed by atoms with Crippen molar-refractivity contribution in [2.24, 2.45) is 0 Å². The van der Waals surface area contributed by atoms with Crippen LogP contribution >= 0.6 is 0 Å². The lowest BCUT2D eigenvalue weighted by atomic mass is 9.99. The second-order valence-corrected chi connectivity index (χ2v) is 8.12. The van der Waals surface area contributed by atoms with Crippen molar-refractivity contribution in [1.82, 2.24) is 14.9 Å². The fraction of sp³-hybridized carbons (Fsp3) is 0.545. The van der Waals surface area contributed by atoms with E-state index in [-0.39, 0.29) is 0 Å². The summed E-state index contributed by atoms with van der Waals surface area (Å²) in [5.41, 5.74) is 2.59. The molecule has 7 nitrogen and oxygen atoms in total. The van der Waals surface area contributed by atoms with Crippen LogP contribution in [0.3, 0.4) is 0 Å². The molecule has 0 bridgehead atoms. The Morgan fingerprint density at radius 1 is 1.07 bits per heavy atom. The van der Waals surface area contributed by atoms with Crippen molar-refractivity contribution < 1.29 is 9.47 Å². The van der Waals surface area contributed by atoms with Gasteiger partial charge in [-0.3, -0.25) is 0 Å². The monoisotopic (exact) mass is 397 g/mol. The highest BCUT2D eigenvalue weighted by atomic mass is 16.5. The Balaban J connectivity index is 1.57. The summed E-state index contributed by atoms with van der Waals surface area (Å²) in [7, 11) is 7.53. The van der Waals surface area contributed by atoms with E-state index in [0.717, 1.165) is 61.6 Å². The van der Waals surface area contributed by atoms with Gasteiger partial charge in [0.05, 0.1) is 14.2 Å². The third-order valence-corrected chi connectivity index (χ3v) is 5.58. The van der Waals surface area contributed by atoms with E-state index in [4.69, 9.17) is 19.4 Å². The van der Waals surface area contributed by atoms with Gasteiger partial charge in [-0.25, -0.2) is 9.97 Å². The van der Waals surface area contributed by atoms with Crippen LogP contribution in [0.5, 0.6) is 11.5 Å². The Hall–Kier alpha value is -2.54. The quantitative estimate of drug-likeness (QED) is 0.735. The fourth-order valence-corrected chi connectivity index (χ4v) is 3.72. The molecule has 0 radical (unpaired) electrons. The fourth-order valence-electron chi connectivity index (χ4n) is 3.72. The summed E-state index contributed by atoms with van der Waals surface area (Å²) in [6.45, 7) is 3.58. The van der Waals surface area contributed by atoms with Gasteiger partial charge >= 0.3 is 0 Å². The number of rotatable bonds is 8. The van der Waals surface area contributed by atoms with E-state index in [2.05, 4.69) is 47.4 Å². The van der Waals surface area contributed by atoms with E-state index in [0.29, 0.717) is 5.92 Å². The molecule has 2 aromatic rings. The highest BCUT2D eigenvalue weighted by Crippen LogP contribution is 2.40. The van der Waals surface area contributed by atoms with E-state index in [9.17, 15) is 0 Å². The predicted molar refractivity (Wildman–Crippen MR) is 115 cm³/mol. The van der Waals surface area contributed by atoms with Crippen molar-refractivity contribution in [1.29, 1.82) is 0 Å². The molecule has 1 aliphatic heterocycles. The molecule has 2 aliphatic rings. The largest absolute Gasteiger partial charge is 0.493 e. The molecule has 156 valence electrons. The van der Waals surface area contributed by atoms with E-state index >= 15 is 0 Å². The molecule has 1 aliphatic carbocycles. The van der Waals surface area contributed by atoms with E-state index in [1.165, 1.54) is 24.0 Å². The Labute approximate surface area is 173 Å². The minimum absolute atomic E-state index is 0.519. The molecular weight excluding hydrogens is 366 g/mol. The summed E-state index contributed by atoms with van der Waals surface area (Å²) < 4.78 is 11.0. The Morgan fingerprint density at radius 2 is 1.79 bits per heavy atom. The molecule has 0 amide bonds. The molecule has 29 heavy (non-hydrogen) atoms. The maximum atomic E-state index is 5.50. The lowest BCUT2D eigenvalue weighted by molar-refractivity contribution is 0.353. The van der Waals surface area contributed by atoms with Crippen molar-refractivity contribution in [3.05, 3.63) is 35.2 Å². The summed E-state index contributed by atoms with van der Waals surface area (Å²) in [6.07, 6.45) is 3.35. The van der Waals surface area contributed by atoms with Gasteiger partial charge < -0.3 is 24.6 Å². The Bertz CT molecular complexity index is 867. The molecule has 7 heteroatoms. The Morgan fingerprint density at radius 3 is 2.45 bits per heavy atom. The van der Waals surface area contributed by atoms with Gasteiger partial charge in [0.1, 0.15) is 17.5 Å². The average Bonchev–Trinajstić information content (AvgIpc) is 3.57. The third-order valence-electron chi connectivity index (χ3n) is 5.58. The van der Waals surface area contributed by atoms with Crippen molar-refractivity contribution in [2.75, 3.05) is 58.2 Å². The van der Waals surface area contributed by atoms with Crippen molar-refractivity contribution >= 4 is 11.6 Å². The molecule has 0 saturated heterocycles. The molecule has 2 heterocycles. The van der Waals surface area contributed by atoms with Gasteiger partial charge in [0.25, 0.3) is 0 Å². The molecule has 1 aromatic carbocycles. The van der Waals surface area contributed by atoms with Crippen molar-refractivity contribution in [2.45, 2.75) is 31.7 Å². The number of aromatic nitrogens is 2. The standard InChI is InChI=1S/C22H31N5O2/c1-26(2)10-8-23-20-13-21(25-22(24-20)15-5-6-15)27-9-7-16-11-18(28-3)19(29-4)12-17(16)14-27/h11-13,15H,5-10,14H2,1-4H3,(H,23,24,25). The van der Waals surface area contributed by atoms with E-state index < -0.39 is 0 Å². The van der Waals surface area contributed by atoms with Crippen LogP contribution in [0.15, 0.2) is 18.2 Å². The van der Waals surface area contributed by atoms with Gasteiger partial charge in [-0.2, -0.15) is 0 Å². The summed E-state index contributed by atoms with van der Waals surface area (Å²) in [5, 5.41) is 3.48. The lowest BCUT2D eigenvalue weighted by Gasteiger charge is -2.31. The first-order chi connectivity index (χ1) is 14.1. The van der Waals surface area contributed by atoms with E-state index in [1.807, 2.05) is 0 Å². The number of nitrogens with zero attached hydrogens (tertiary/aromatic N) is 4. The van der Waals surface area contributed by atoms with Crippen LogP contribution < -0.4 is 19.7 Å². The molecule has 1 aromatic heterocycles. The summed E-state index contributed by atoms with van der Waals surface area (Å²) in [4.78, 5) is 14.2. The van der Waals surface area contributed by atoms with Gasteiger partial charge in [0.15, 0.2) is 11.5 Å². The predicted octanol–water partition coefficient (Wildman–Crippen LogP) is 2.91. The topological polar surface area (TPSA) is 62.8 Å². The first-order valence-electron chi connectivity index (χ1n) is 10.3. The zero-order chi connectivity index (χ0) is 20.4. The van der Waals surface area contributed by atoms with Crippen LogP contribution in [0.4, 0.5) is 11.6 Å². The second-order valence-electron chi connectivity index (χ2n) is 8.12. The highest BCUT2D eigenvalue weighted by Gasteiger charge is 2.29. The zero-order valence-corrected chi connectivity index (χ0v) is 17.9. The number of methoxy groups -OCH3 is 2. The van der Waals surface area contributed by atoms with Crippen LogP contribution in [0.2, 0.25) is 0 Å². The SMILES string of the molecule is COc1cc2c(cc1OC)CN(c1cc(NCCN(C)C)nc(C3CC3)n1)CC2. The first kappa shape index (κ1) is 19.8. The number of hydrogen-bond donors (Lipinski definition) is 1. The summed E-state index contributed by atoms with van der Waals surface area (Å²) >= 11 is 0. The van der Waals surface area contributed by atoms with Crippen molar-refractivity contribution in [3.63, 3.8) is 0 Å². The van der Waals surface area contributed by atoms with Gasteiger partial charge in [0.2, 0.25) is 0 Å². The number of nitrogens with one attached hydrogen (secondary N) is 1. The lowest BCUT2D eigenvalue weighted by Crippen LogP contribution is -2.31. The van der Waals surface area contributed by atoms with Crippen LogP contribution in [-0.2, 0) is 13.0 Å². The minimum Gasteiger partial charge on any atom is -0.493 e. The van der Waals surface area contributed by atoms with E-state index in [1.54, 1.807) is 14.2 Å². The molecule has 0 spiro atoms. The minimum atomic E-state index is 0.519. The molecule has 0 unspecified atom stereocenters. The average molecular weight is 398 g/mol. The maximum Gasteiger partial charge on any atom is 0.161 e. The van der Waals surface area contributed by atoms with Gasteiger partial charge in [-0.05, 0) is 56.6 Å². The third kappa shape index (κ3) is 4.56. The number of hydrogen-bond acceptors (Lipinski definition) is 7. The molecule has 1 N–H and O–H groups in total. The highest BCUT2D eigenvalue weighted by molar-refractivity contribution is 5.54. The number of likely N-dealkylation sites (N-methyl/N-ethyl adjacent to an activating group) is 1. The molecule has 1 saturated carbocycles. The molecular formula is C22H31N5O2. The smallest absolute Gasteiger partial charge is 0.161 e. The van der Waals surface area contributed by atoms with Gasteiger partial charge in [-0.15, -0.1) is 0 Å². The normalized spacial score (nSPS) is 16.0. The maximum absolute atomic E-state index is 5.50. The second kappa shape index (κ2) is 8.45. The van der Waals surface area contributed by atoms with Crippen molar-refractivity contribution in [3.8, 4) is 11.5 Å². The molecule has 1 fully saturated rings. The molecule has 4 rings (SSSR count). The number of anilines is 2. The molecule has 0 atom stereocenters. The number of benzene rings is 1. The number of fused-ring (bicyclic) bond motifs is 1. The van der Waals surface area contributed by atoms with Gasteiger partial charge in [-0.1, -0.05) is 0 Å². The Kier molecular flexibility index (Phi) is 5.76. The zero-order valence-electron chi connectivity index (χ0n) is 17.9. The summed E-state index contributed by atoms with van der Waals surface area (Å²) in [5.74, 6) is 5.01. The van der Waals surface area contributed by atoms with Crippen LogP contribution in [0.25, 0.3) is 0 Å². The first-order valence-corrected chi connectivity index (χ1v) is 10.3. The van der Waals surface area contributed by atoms with Crippen LogP contribution in [-0.4, -0.2) is 62.8 Å². The number of ether oxygens (including phenoxy) is 2. The van der Waals surface area contributed by atoms with Crippen LogP contribution in [0.1, 0.15) is 35.7 Å².